The van der Waals surface area contributed by atoms with Gasteiger partial charge in [0.25, 0.3) is 0 Å². The molecular formula is C16H33N3. The van der Waals surface area contributed by atoms with Crippen LogP contribution in [0.4, 0.5) is 0 Å². The summed E-state index contributed by atoms with van der Waals surface area (Å²) < 4.78 is 0. The van der Waals surface area contributed by atoms with Crippen LogP contribution in [0.2, 0.25) is 0 Å². The summed E-state index contributed by atoms with van der Waals surface area (Å²) in [5.41, 5.74) is 0. The Morgan fingerprint density at radius 2 is 1.74 bits per heavy atom. The molecule has 112 valence electrons. The SMILES string of the molecule is CCCNC1CCN(CCN2CCCC2)CC1CC. The van der Waals surface area contributed by atoms with Crippen molar-refractivity contribution in [3.63, 3.8) is 0 Å². The zero-order valence-electron chi connectivity index (χ0n) is 13.0. The average molecular weight is 267 g/mol. The molecule has 2 saturated heterocycles. The summed E-state index contributed by atoms with van der Waals surface area (Å²) in [5.74, 6) is 0.860. The minimum atomic E-state index is 0.771. The van der Waals surface area contributed by atoms with E-state index >= 15 is 0 Å². The number of piperidine rings is 1. The first-order valence-corrected chi connectivity index (χ1v) is 8.51. The van der Waals surface area contributed by atoms with E-state index in [9.17, 15) is 0 Å². The minimum Gasteiger partial charge on any atom is -0.314 e. The van der Waals surface area contributed by atoms with Crippen LogP contribution < -0.4 is 5.32 Å². The van der Waals surface area contributed by atoms with Crippen molar-refractivity contribution in [1.82, 2.24) is 15.1 Å². The Kier molecular flexibility index (Phi) is 6.62. The van der Waals surface area contributed by atoms with Gasteiger partial charge < -0.3 is 15.1 Å². The van der Waals surface area contributed by atoms with Crippen molar-refractivity contribution in [3.8, 4) is 0 Å². The van der Waals surface area contributed by atoms with Gasteiger partial charge in [0.15, 0.2) is 0 Å². The Labute approximate surface area is 119 Å². The molecule has 0 aromatic rings. The van der Waals surface area contributed by atoms with Gasteiger partial charge in [0.1, 0.15) is 0 Å². The third-order valence-electron chi connectivity index (χ3n) is 4.93. The molecule has 0 aliphatic carbocycles. The molecule has 2 aliphatic rings. The first-order chi connectivity index (χ1) is 9.33. The lowest BCUT2D eigenvalue weighted by Crippen LogP contribution is -2.50. The largest absolute Gasteiger partial charge is 0.314 e. The van der Waals surface area contributed by atoms with Crippen LogP contribution in [0.1, 0.15) is 46.0 Å². The van der Waals surface area contributed by atoms with E-state index in [0.29, 0.717) is 0 Å². The zero-order valence-corrected chi connectivity index (χ0v) is 13.0. The van der Waals surface area contributed by atoms with Crippen LogP contribution in [0, 0.1) is 5.92 Å². The van der Waals surface area contributed by atoms with E-state index in [4.69, 9.17) is 0 Å². The van der Waals surface area contributed by atoms with Crippen molar-refractivity contribution in [2.24, 2.45) is 5.92 Å². The van der Waals surface area contributed by atoms with Crippen LogP contribution in [0.5, 0.6) is 0 Å². The highest BCUT2D eigenvalue weighted by atomic mass is 15.2. The predicted octanol–water partition coefficient (Wildman–Crippen LogP) is 2.18. The molecule has 0 aromatic heterocycles. The van der Waals surface area contributed by atoms with Gasteiger partial charge in [0.05, 0.1) is 0 Å². The van der Waals surface area contributed by atoms with E-state index in [1.807, 2.05) is 0 Å². The number of likely N-dealkylation sites (tertiary alicyclic amines) is 2. The van der Waals surface area contributed by atoms with E-state index in [-0.39, 0.29) is 0 Å². The second kappa shape index (κ2) is 8.23. The lowest BCUT2D eigenvalue weighted by atomic mass is 9.90. The topological polar surface area (TPSA) is 18.5 Å². The lowest BCUT2D eigenvalue weighted by Gasteiger charge is -2.39. The van der Waals surface area contributed by atoms with Crippen LogP contribution in [0.3, 0.4) is 0 Å². The van der Waals surface area contributed by atoms with Gasteiger partial charge in [-0.1, -0.05) is 20.3 Å². The molecule has 2 aliphatic heterocycles. The normalized spacial score (nSPS) is 30.0. The molecule has 3 heteroatoms. The number of hydrogen-bond acceptors (Lipinski definition) is 3. The first kappa shape index (κ1) is 15.3. The van der Waals surface area contributed by atoms with E-state index in [0.717, 1.165) is 12.0 Å². The fourth-order valence-electron chi connectivity index (χ4n) is 3.61. The maximum Gasteiger partial charge on any atom is 0.0120 e. The van der Waals surface area contributed by atoms with Gasteiger partial charge in [0, 0.05) is 25.7 Å². The van der Waals surface area contributed by atoms with Gasteiger partial charge in [-0.15, -0.1) is 0 Å². The van der Waals surface area contributed by atoms with E-state index in [2.05, 4.69) is 29.0 Å². The zero-order chi connectivity index (χ0) is 13.5. The Morgan fingerprint density at radius 1 is 1.00 bits per heavy atom. The molecule has 0 saturated carbocycles. The Morgan fingerprint density at radius 3 is 2.42 bits per heavy atom. The summed E-state index contributed by atoms with van der Waals surface area (Å²) in [7, 11) is 0. The third kappa shape index (κ3) is 4.73. The third-order valence-corrected chi connectivity index (χ3v) is 4.93. The Balaban J connectivity index is 1.69. The molecule has 1 N–H and O–H groups in total. The highest BCUT2D eigenvalue weighted by molar-refractivity contribution is 4.85. The molecule has 0 amide bonds. The molecule has 0 bridgehead atoms. The second-order valence-electron chi connectivity index (χ2n) is 6.37. The standard InChI is InChI=1S/C16H33N3/c1-3-8-17-16-7-11-19(14-15(16)4-2)13-12-18-9-5-6-10-18/h15-17H,3-14H2,1-2H3. The molecule has 3 nitrogen and oxygen atoms in total. The molecule has 2 heterocycles. The summed E-state index contributed by atoms with van der Waals surface area (Å²) in [5, 5.41) is 3.75. The van der Waals surface area contributed by atoms with Gasteiger partial charge in [-0.2, -0.15) is 0 Å². The van der Waals surface area contributed by atoms with Crippen molar-refractivity contribution >= 4 is 0 Å². The molecule has 2 fully saturated rings. The maximum absolute atomic E-state index is 3.75. The number of nitrogens with one attached hydrogen (secondary N) is 1. The van der Waals surface area contributed by atoms with Crippen molar-refractivity contribution in [2.75, 3.05) is 45.8 Å². The molecular weight excluding hydrogens is 234 g/mol. The first-order valence-electron chi connectivity index (χ1n) is 8.51. The molecule has 0 aromatic carbocycles. The second-order valence-corrected chi connectivity index (χ2v) is 6.37. The summed E-state index contributed by atoms with van der Waals surface area (Å²) in [4.78, 5) is 5.35. The van der Waals surface area contributed by atoms with Crippen LogP contribution in [-0.4, -0.2) is 61.7 Å². The molecule has 2 unspecified atom stereocenters. The average Bonchev–Trinajstić information content (AvgIpc) is 2.96. The molecule has 2 rings (SSSR count). The van der Waals surface area contributed by atoms with Gasteiger partial charge >= 0.3 is 0 Å². The quantitative estimate of drug-likeness (QED) is 0.763. The van der Waals surface area contributed by atoms with E-state index < -0.39 is 0 Å². The van der Waals surface area contributed by atoms with Crippen molar-refractivity contribution in [3.05, 3.63) is 0 Å². The van der Waals surface area contributed by atoms with Crippen molar-refractivity contribution in [2.45, 2.75) is 52.0 Å². The fourth-order valence-corrected chi connectivity index (χ4v) is 3.61. The van der Waals surface area contributed by atoms with Gasteiger partial charge in [-0.05, 0) is 57.8 Å². The van der Waals surface area contributed by atoms with Gasteiger partial charge in [-0.25, -0.2) is 0 Å². The Bertz CT molecular complexity index is 238. The molecule has 19 heavy (non-hydrogen) atoms. The van der Waals surface area contributed by atoms with Gasteiger partial charge in [0.2, 0.25) is 0 Å². The highest BCUT2D eigenvalue weighted by Gasteiger charge is 2.27. The molecule has 0 spiro atoms. The lowest BCUT2D eigenvalue weighted by molar-refractivity contribution is 0.123. The smallest absolute Gasteiger partial charge is 0.0120 e. The highest BCUT2D eigenvalue weighted by Crippen LogP contribution is 2.20. The van der Waals surface area contributed by atoms with Crippen LogP contribution >= 0.6 is 0 Å². The Hall–Kier alpha value is -0.120. The van der Waals surface area contributed by atoms with Crippen LogP contribution in [0.15, 0.2) is 0 Å². The minimum absolute atomic E-state index is 0.771. The molecule has 2 atom stereocenters. The van der Waals surface area contributed by atoms with E-state index in [1.165, 1.54) is 77.9 Å². The monoisotopic (exact) mass is 267 g/mol. The summed E-state index contributed by atoms with van der Waals surface area (Å²) >= 11 is 0. The summed E-state index contributed by atoms with van der Waals surface area (Å²) in [6, 6.07) is 0.771. The summed E-state index contributed by atoms with van der Waals surface area (Å²) in [6.45, 7) is 13.7. The fraction of sp³-hybridized carbons (Fsp3) is 1.00. The predicted molar refractivity (Wildman–Crippen MR) is 82.6 cm³/mol. The number of hydrogen-bond donors (Lipinski definition) is 1. The van der Waals surface area contributed by atoms with Crippen molar-refractivity contribution < 1.29 is 0 Å². The van der Waals surface area contributed by atoms with Crippen LogP contribution in [-0.2, 0) is 0 Å². The number of rotatable bonds is 7. The summed E-state index contributed by atoms with van der Waals surface area (Å²) in [6.07, 6.45) is 6.76. The van der Waals surface area contributed by atoms with Crippen molar-refractivity contribution in [1.29, 1.82) is 0 Å². The maximum atomic E-state index is 3.75. The van der Waals surface area contributed by atoms with Gasteiger partial charge in [-0.3, -0.25) is 0 Å². The number of nitrogens with zero attached hydrogens (tertiary/aromatic N) is 2. The van der Waals surface area contributed by atoms with Crippen LogP contribution in [0.25, 0.3) is 0 Å². The molecule has 0 radical (unpaired) electrons. The van der Waals surface area contributed by atoms with E-state index in [1.54, 1.807) is 0 Å².